The van der Waals surface area contributed by atoms with Gasteiger partial charge in [0.15, 0.2) is 0 Å². The molecule has 25 heavy (non-hydrogen) atoms. The summed E-state index contributed by atoms with van der Waals surface area (Å²) in [5.41, 5.74) is 1.94. The van der Waals surface area contributed by atoms with E-state index in [0.717, 1.165) is 16.3 Å². The zero-order chi connectivity index (χ0) is 17.8. The number of para-hydroxylation sites is 1. The molecule has 1 aromatic carbocycles. The Balaban J connectivity index is 1.63. The third-order valence-electron chi connectivity index (χ3n) is 3.30. The average Bonchev–Trinajstić information content (AvgIpc) is 3.22. The second kappa shape index (κ2) is 7.70. The molecule has 0 bridgehead atoms. The number of nitrogens with zero attached hydrogens (tertiary/aromatic N) is 6. The second-order valence-electron chi connectivity index (χ2n) is 5.60. The highest BCUT2D eigenvalue weighted by molar-refractivity contribution is 7.99. The first-order valence-electron chi connectivity index (χ1n) is 7.65. The van der Waals surface area contributed by atoms with Crippen LogP contribution in [-0.4, -0.2) is 42.1 Å². The topological polar surface area (TPSA) is 98.5 Å². The predicted octanol–water partition coefficient (Wildman–Crippen LogP) is 2.68. The summed E-state index contributed by atoms with van der Waals surface area (Å²) in [4.78, 5) is 12.1. The van der Waals surface area contributed by atoms with E-state index in [1.54, 1.807) is 4.68 Å². The Bertz CT molecular complexity index is 874. The van der Waals surface area contributed by atoms with Crippen molar-refractivity contribution in [3.05, 3.63) is 34.8 Å². The number of amides is 1. The molecule has 2 heterocycles. The fraction of sp³-hybridized carbons (Fsp3) is 0.333. The summed E-state index contributed by atoms with van der Waals surface area (Å²) in [6.07, 6.45) is 0. The largest absolute Gasteiger partial charge is 0.300 e. The van der Waals surface area contributed by atoms with Gasteiger partial charge in [-0.05, 0) is 29.0 Å². The third kappa shape index (κ3) is 4.20. The van der Waals surface area contributed by atoms with Crippen molar-refractivity contribution in [2.75, 3.05) is 11.1 Å². The molecular weight excluding hydrogens is 358 g/mol. The minimum atomic E-state index is -0.171. The van der Waals surface area contributed by atoms with Gasteiger partial charge in [-0.1, -0.05) is 55.1 Å². The number of benzene rings is 1. The van der Waals surface area contributed by atoms with Crippen molar-refractivity contribution < 1.29 is 4.79 Å². The highest BCUT2D eigenvalue weighted by atomic mass is 32.2. The summed E-state index contributed by atoms with van der Waals surface area (Å²) in [6.45, 7) is 6.06. The van der Waals surface area contributed by atoms with Crippen LogP contribution in [0.25, 0.3) is 5.69 Å². The number of carbonyl (C=O) groups excluding carboxylic acids is 1. The maximum absolute atomic E-state index is 12.1. The number of aryl methyl sites for hydroxylation is 1. The van der Waals surface area contributed by atoms with Crippen LogP contribution in [0.2, 0.25) is 0 Å². The van der Waals surface area contributed by atoms with Gasteiger partial charge in [-0.3, -0.25) is 10.1 Å². The number of hydrogen-bond acceptors (Lipinski definition) is 8. The first kappa shape index (κ1) is 17.5. The number of rotatable bonds is 6. The van der Waals surface area contributed by atoms with Gasteiger partial charge in [0.05, 0.1) is 11.4 Å². The highest BCUT2D eigenvalue weighted by Crippen LogP contribution is 2.23. The van der Waals surface area contributed by atoms with E-state index in [2.05, 4.69) is 31.0 Å². The van der Waals surface area contributed by atoms with Crippen molar-refractivity contribution in [2.24, 2.45) is 0 Å². The Hall–Kier alpha value is -2.33. The molecule has 0 saturated heterocycles. The molecule has 0 aliphatic heterocycles. The van der Waals surface area contributed by atoms with Gasteiger partial charge in [0.2, 0.25) is 16.2 Å². The van der Waals surface area contributed by atoms with E-state index in [-0.39, 0.29) is 17.6 Å². The van der Waals surface area contributed by atoms with Gasteiger partial charge < -0.3 is 0 Å². The molecule has 2 aromatic heterocycles. The maximum Gasteiger partial charge on any atom is 0.236 e. The minimum Gasteiger partial charge on any atom is -0.300 e. The summed E-state index contributed by atoms with van der Waals surface area (Å²) in [7, 11) is 0. The summed E-state index contributed by atoms with van der Waals surface area (Å²) >= 11 is 2.65. The molecule has 0 aliphatic carbocycles. The molecule has 1 amide bonds. The molecule has 0 aliphatic rings. The van der Waals surface area contributed by atoms with Crippen LogP contribution in [0.1, 0.15) is 30.3 Å². The lowest BCUT2D eigenvalue weighted by atomic mass is 10.2. The monoisotopic (exact) mass is 375 g/mol. The van der Waals surface area contributed by atoms with Gasteiger partial charge in [-0.25, -0.2) is 0 Å². The molecule has 10 heteroatoms. The summed E-state index contributed by atoms with van der Waals surface area (Å²) in [5, 5.41) is 24.5. The number of aromatic nitrogens is 6. The lowest BCUT2D eigenvalue weighted by Gasteiger charge is -2.06. The SMILES string of the molecule is Cc1ccccc1-n1nnnc1SCC(=O)Nc1nnc(C(C)C)s1. The lowest BCUT2D eigenvalue weighted by molar-refractivity contribution is -0.113. The first-order chi connectivity index (χ1) is 12.0. The highest BCUT2D eigenvalue weighted by Gasteiger charge is 2.14. The van der Waals surface area contributed by atoms with Gasteiger partial charge in [0.1, 0.15) is 5.01 Å². The van der Waals surface area contributed by atoms with Crippen molar-refractivity contribution in [2.45, 2.75) is 31.8 Å². The molecule has 8 nitrogen and oxygen atoms in total. The molecule has 0 saturated carbocycles. The van der Waals surface area contributed by atoms with Crippen molar-refractivity contribution in [3.63, 3.8) is 0 Å². The fourth-order valence-corrected chi connectivity index (χ4v) is 3.47. The number of thioether (sulfide) groups is 1. The molecule has 3 aromatic rings. The van der Waals surface area contributed by atoms with Crippen LogP contribution in [0.5, 0.6) is 0 Å². The Labute approximate surface area is 153 Å². The lowest BCUT2D eigenvalue weighted by Crippen LogP contribution is -2.14. The van der Waals surface area contributed by atoms with Crippen LogP contribution in [-0.2, 0) is 4.79 Å². The summed E-state index contributed by atoms with van der Waals surface area (Å²) < 4.78 is 1.63. The van der Waals surface area contributed by atoms with E-state index in [1.807, 2.05) is 45.0 Å². The quantitative estimate of drug-likeness (QED) is 0.661. The number of nitrogens with one attached hydrogen (secondary N) is 1. The van der Waals surface area contributed by atoms with Gasteiger partial charge >= 0.3 is 0 Å². The molecule has 3 rings (SSSR count). The van der Waals surface area contributed by atoms with E-state index in [4.69, 9.17) is 0 Å². The van der Waals surface area contributed by atoms with Crippen molar-refractivity contribution in [1.82, 2.24) is 30.4 Å². The molecule has 130 valence electrons. The number of hydrogen-bond donors (Lipinski definition) is 1. The summed E-state index contributed by atoms with van der Waals surface area (Å²) in [5.74, 6) is 0.301. The maximum atomic E-state index is 12.1. The average molecular weight is 375 g/mol. The fourth-order valence-electron chi connectivity index (χ4n) is 2.03. The Morgan fingerprint density at radius 3 is 2.80 bits per heavy atom. The second-order valence-corrected chi connectivity index (χ2v) is 7.55. The zero-order valence-corrected chi connectivity index (χ0v) is 15.6. The molecule has 0 spiro atoms. The summed E-state index contributed by atoms with van der Waals surface area (Å²) in [6, 6.07) is 7.80. The molecule has 1 N–H and O–H groups in total. The third-order valence-corrected chi connectivity index (χ3v) is 5.36. The molecule has 0 fully saturated rings. The number of tetrazole rings is 1. The molecule has 0 atom stereocenters. The number of carbonyl (C=O) groups is 1. The van der Waals surface area contributed by atoms with E-state index in [0.29, 0.717) is 10.3 Å². The van der Waals surface area contributed by atoms with Crippen LogP contribution in [0.15, 0.2) is 29.4 Å². The minimum absolute atomic E-state index is 0.171. The van der Waals surface area contributed by atoms with Crippen LogP contribution < -0.4 is 5.32 Å². The van der Waals surface area contributed by atoms with E-state index in [1.165, 1.54) is 23.1 Å². The van der Waals surface area contributed by atoms with Crippen LogP contribution >= 0.6 is 23.1 Å². The van der Waals surface area contributed by atoms with Gasteiger partial charge in [0.25, 0.3) is 0 Å². The van der Waals surface area contributed by atoms with Crippen LogP contribution in [0, 0.1) is 6.92 Å². The van der Waals surface area contributed by atoms with Gasteiger partial charge in [-0.2, -0.15) is 4.68 Å². The standard InChI is InChI=1S/C15H17N7OS2/c1-9(2)13-17-18-14(25-13)16-12(23)8-24-15-19-20-21-22(15)11-7-5-4-6-10(11)3/h4-7,9H,8H2,1-3H3,(H,16,18,23). The Kier molecular flexibility index (Phi) is 5.39. The van der Waals surface area contributed by atoms with Gasteiger partial charge in [-0.15, -0.1) is 15.3 Å². The van der Waals surface area contributed by atoms with Gasteiger partial charge in [0, 0.05) is 5.92 Å². The first-order valence-corrected chi connectivity index (χ1v) is 9.45. The van der Waals surface area contributed by atoms with Crippen LogP contribution in [0.4, 0.5) is 5.13 Å². The smallest absolute Gasteiger partial charge is 0.236 e. The Morgan fingerprint density at radius 1 is 1.28 bits per heavy atom. The molecular formula is C15H17N7OS2. The predicted molar refractivity (Wildman–Crippen MR) is 97.2 cm³/mol. The number of anilines is 1. The van der Waals surface area contributed by atoms with Crippen molar-refractivity contribution >= 4 is 34.1 Å². The normalized spacial score (nSPS) is 11.0. The van der Waals surface area contributed by atoms with Crippen LogP contribution in [0.3, 0.4) is 0 Å². The van der Waals surface area contributed by atoms with Crippen molar-refractivity contribution in [1.29, 1.82) is 0 Å². The molecule has 0 radical (unpaired) electrons. The molecule has 0 unspecified atom stereocenters. The Morgan fingerprint density at radius 2 is 2.08 bits per heavy atom. The van der Waals surface area contributed by atoms with E-state index >= 15 is 0 Å². The van der Waals surface area contributed by atoms with E-state index < -0.39 is 0 Å². The van der Waals surface area contributed by atoms with Crippen molar-refractivity contribution in [3.8, 4) is 5.69 Å². The zero-order valence-electron chi connectivity index (χ0n) is 14.0. The van der Waals surface area contributed by atoms with E-state index in [9.17, 15) is 4.79 Å².